The van der Waals surface area contributed by atoms with E-state index in [1.165, 1.54) is 25.0 Å². The van der Waals surface area contributed by atoms with Gasteiger partial charge in [0.25, 0.3) is 0 Å². The summed E-state index contributed by atoms with van der Waals surface area (Å²) in [6, 6.07) is 17.8. The molecule has 0 spiro atoms. The van der Waals surface area contributed by atoms with Gasteiger partial charge in [0.2, 0.25) is 0 Å². The van der Waals surface area contributed by atoms with Crippen molar-refractivity contribution < 1.29 is 9.90 Å². The minimum Gasteiger partial charge on any atom is -0.478 e. The van der Waals surface area contributed by atoms with Crippen molar-refractivity contribution in [2.24, 2.45) is 5.92 Å². The van der Waals surface area contributed by atoms with Gasteiger partial charge in [-0.15, -0.1) is 0 Å². The second-order valence-corrected chi connectivity index (χ2v) is 8.92. The molecule has 6 rings (SSSR count). The SMILES string of the molecule is Cc1cccc(C2=C(c3ccnc(-c4ccc(C(=O)O)cc4)c3)N3C4CCC(C4)C3N2)n1. The third-order valence-corrected chi connectivity index (χ3v) is 6.98. The van der Waals surface area contributed by atoms with E-state index in [4.69, 9.17) is 4.98 Å². The van der Waals surface area contributed by atoms with E-state index in [9.17, 15) is 9.90 Å². The fourth-order valence-electron chi connectivity index (χ4n) is 5.53. The fraction of sp³-hybridized carbons (Fsp3) is 0.269. The van der Waals surface area contributed by atoms with E-state index in [1.54, 1.807) is 12.1 Å². The summed E-state index contributed by atoms with van der Waals surface area (Å²) in [5, 5.41) is 13.0. The molecule has 6 nitrogen and oxygen atoms in total. The lowest BCUT2D eigenvalue weighted by Gasteiger charge is -2.33. The highest BCUT2D eigenvalue weighted by molar-refractivity contribution is 5.92. The Bertz CT molecular complexity index is 1250. The quantitative estimate of drug-likeness (QED) is 0.647. The summed E-state index contributed by atoms with van der Waals surface area (Å²) in [4.78, 5) is 23.2. The molecule has 6 heteroatoms. The molecule has 0 radical (unpaired) electrons. The molecule has 0 amide bonds. The summed E-state index contributed by atoms with van der Waals surface area (Å²) in [7, 11) is 0. The van der Waals surface area contributed by atoms with Gasteiger partial charge >= 0.3 is 5.97 Å². The Balaban J connectivity index is 1.46. The van der Waals surface area contributed by atoms with Crippen LogP contribution >= 0.6 is 0 Å². The highest BCUT2D eigenvalue weighted by atomic mass is 16.4. The van der Waals surface area contributed by atoms with E-state index in [2.05, 4.69) is 39.5 Å². The van der Waals surface area contributed by atoms with Gasteiger partial charge in [-0.2, -0.15) is 0 Å². The molecule has 2 N–H and O–H groups in total. The number of pyridine rings is 2. The molecule has 1 aromatic carbocycles. The largest absolute Gasteiger partial charge is 0.478 e. The van der Waals surface area contributed by atoms with E-state index in [1.807, 2.05) is 31.3 Å². The highest BCUT2D eigenvalue weighted by Crippen LogP contribution is 2.50. The predicted molar refractivity (Wildman–Crippen MR) is 122 cm³/mol. The van der Waals surface area contributed by atoms with Crippen molar-refractivity contribution in [3.63, 3.8) is 0 Å². The molecule has 32 heavy (non-hydrogen) atoms. The first-order valence-electron chi connectivity index (χ1n) is 11.1. The molecule has 3 aromatic rings. The summed E-state index contributed by atoms with van der Waals surface area (Å²) in [5.74, 6) is -0.256. The van der Waals surface area contributed by atoms with E-state index >= 15 is 0 Å². The van der Waals surface area contributed by atoms with Crippen molar-refractivity contribution in [1.29, 1.82) is 0 Å². The third-order valence-electron chi connectivity index (χ3n) is 6.98. The van der Waals surface area contributed by atoms with E-state index in [0.717, 1.165) is 33.9 Å². The number of benzene rings is 1. The molecule has 1 saturated heterocycles. The topological polar surface area (TPSA) is 78.3 Å². The number of hydrogen-bond donors (Lipinski definition) is 2. The van der Waals surface area contributed by atoms with Crippen LogP contribution < -0.4 is 5.32 Å². The molecule has 1 aliphatic carbocycles. The summed E-state index contributed by atoms with van der Waals surface area (Å²) in [6.07, 6.45) is 5.91. The summed E-state index contributed by atoms with van der Waals surface area (Å²) in [6.45, 7) is 2.02. The Labute approximate surface area is 186 Å². The van der Waals surface area contributed by atoms with Crippen molar-refractivity contribution in [3.8, 4) is 11.3 Å². The van der Waals surface area contributed by atoms with Crippen molar-refractivity contribution in [2.45, 2.75) is 38.4 Å². The van der Waals surface area contributed by atoms with Crippen LogP contribution in [-0.2, 0) is 0 Å². The Morgan fingerprint density at radius 1 is 1.06 bits per heavy atom. The normalized spacial score (nSPS) is 23.4. The van der Waals surface area contributed by atoms with Crippen LogP contribution in [0.2, 0.25) is 0 Å². The molecule has 2 fully saturated rings. The number of rotatable bonds is 4. The number of aryl methyl sites for hydroxylation is 1. The molecule has 2 aliphatic heterocycles. The molecule has 2 bridgehead atoms. The zero-order valence-corrected chi connectivity index (χ0v) is 17.8. The summed E-state index contributed by atoms with van der Waals surface area (Å²) >= 11 is 0. The van der Waals surface area contributed by atoms with Gasteiger partial charge in [-0.25, -0.2) is 4.79 Å². The molecule has 160 valence electrons. The van der Waals surface area contributed by atoms with Gasteiger partial charge in [0.15, 0.2) is 0 Å². The van der Waals surface area contributed by atoms with Crippen LogP contribution in [-0.4, -0.2) is 38.2 Å². The average Bonchev–Trinajstić information content (AvgIpc) is 3.52. The maximum Gasteiger partial charge on any atom is 0.335 e. The fourth-order valence-corrected chi connectivity index (χ4v) is 5.53. The van der Waals surface area contributed by atoms with Gasteiger partial charge in [0, 0.05) is 29.1 Å². The average molecular weight is 425 g/mol. The number of aromatic carboxylic acids is 1. The summed E-state index contributed by atoms with van der Waals surface area (Å²) in [5.41, 5.74) is 7.38. The molecule has 1 saturated carbocycles. The number of carboxylic acid groups (broad SMARTS) is 1. The number of carboxylic acids is 1. The van der Waals surface area contributed by atoms with Crippen LogP contribution in [0.5, 0.6) is 0 Å². The molecule has 4 heterocycles. The van der Waals surface area contributed by atoms with Gasteiger partial charge < -0.3 is 15.3 Å². The van der Waals surface area contributed by atoms with Crippen molar-refractivity contribution in [2.75, 3.05) is 0 Å². The molecular weight excluding hydrogens is 400 g/mol. The molecule has 3 unspecified atom stereocenters. The molecular formula is C26H24N4O2. The van der Waals surface area contributed by atoms with Crippen molar-refractivity contribution >= 4 is 17.4 Å². The van der Waals surface area contributed by atoms with E-state index < -0.39 is 5.97 Å². The first kappa shape index (κ1) is 19.0. The lowest BCUT2D eigenvalue weighted by atomic mass is 10.0. The Morgan fingerprint density at radius 2 is 1.91 bits per heavy atom. The number of nitrogens with zero attached hydrogens (tertiary/aromatic N) is 3. The van der Waals surface area contributed by atoms with Crippen LogP contribution in [0.3, 0.4) is 0 Å². The number of carbonyl (C=O) groups is 1. The molecule has 2 aromatic heterocycles. The third kappa shape index (κ3) is 2.98. The van der Waals surface area contributed by atoms with Crippen LogP contribution in [0.1, 0.15) is 46.6 Å². The summed E-state index contributed by atoms with van der Waals surface area (Å²) < 4.78 is 0. The molecule has 3 atom stereocenters. The van der Waals surface area contributed by atoms with Crippen molar-refractivity contribution in [3.05, 3.63) is 83.3 Å². The number of fused-ring (bicyclic) bond motifs is 5. The zero-order chi connectivity index (χ0) is 21.8. The monoisotopic (exact) mass is 424 g/mol. The van der Waals surface area contributed by atoms with Crippen LogP contribution in [0, 0.1) is 12.8 Å². The van der Waals surface area contributed by atoms with Crippen LogP contribution in [0.25, 0.3) is 22.7 Å². The smallest absolute Gasteiger partial charge is 0.335 e. The Hall–Kier alpha value is -3.67. The van der Waals surface area contributed by atoms with Gasteiger partial charge in [-0.3, -0.25) is 9.97 Å². The Kier molecular flexibility index (Phi) is 4.28. The van der Waals surface area contributed by atoms with Gasteiger partial charge in [0.05, 0.1) is 28.3 Å². The van der Waals surface area contributed by atoms with E-state index in [-0.39, 0.29) is 5.56 Å². The lowest BCUT2D eigenvalue weighted by Crippen LogP contribution is -2.41. The number of aromatic nitrogens is 2. The minimum atomic E-state index is -0.925. The van der Waals surface area contributed by atoms with Crippen LogP contribution in [0.15, 0.2) is 60.8 Å². The van der Waals surface area contributed by atoms with Gasteiger partial charge in [0.1, 0.15) is 6.17 Å². The van der Waals surface area contributed by atoms with E-state index in [0.29, 0.717) is 18.1 Å². The molecule has 3 aliphatic rings. The second kappa shape index (κ2) is 7.19. The minimum absolute atomic E-state index is 0.274. The standard InChI is InChI=1S/C26H24N4O2/c1-15-3-2-4-21(28-15)23-24(30-20-10-9-19(13-20)25(30)29-23)18-11-12-27-22(14-18)16-5-7-17(8-6-16)26(31)32/h2-8,11-12,14,19-20,25,29H,9-10,13H2,1H3,(H,31,32). The number of nitrogens with one attached hydrogen (secondary N) is 1. The maximum atomic E-state index is 11.2. The van der Waals surface area contributed by atoms with Crippen molar-refractivity contribution in [1.82, 2.24) is 20.2 Å². The maximum absolute atomic E-state index is 11.2. The first-order valence-corrected chi connectivity index (χ1v) is 11.1. The van der Waals surface area contributed by atoms with Gasteiger partial charge in [-0.1, -0.05) is 18.2 Å². The Morgan fingerprint density at radius 3 is 2.69 bits per heavy atom. The second-order valence-electron chi connectivity index (χ2n) is 8.92. The predicted octanol–water partition coefficient (Wildman–Crippen LogP) is 4.39. The highest BCUT2D eigenvalue weighted by Gasteiger charge is 2.51. The zero-order valence-electron chi connectivity index (χ0n) is 17.8. The first-order chi connectivity index (χ1) is 15.6. The van der Waals surface area contributed by atoms with Crippen LogP contribution in [0.4, 0.5) is 0 Å². The number of hydrogen-bond acceptors (Lipinski definition) is 5. The lowest BCUT2D eigenvalue weighted by molar-refractivity contribution is 0.0697. The van der Waals surface area contributed by atoms with Gasteiger partial charge in [-0.05, 0) is 68.5 Å². The number of piperidine rings is 1.